The van der Waals surface area contributed by atoms with Gasteiger partial charge in [0.15, 0.2) is 5.13 Å². The van der Waals surface area contributed by atoms with Gasteiger partial charge >= 0.3 is 5.91 Å². The van der Waals surface area contributed by atoms with Gasteiger partial charge in [-0.1, -0.05) is 78.7 Å². The minimum absolute atomic E-state index is 0.0586. The molecule has 3 aromatic carbocycles. The van der Waals surface area contributed by atoms with Crippen LogP contribution >= 0.6 is 22.9 Å². The van der Waals surface area contributed by atoms with Gasteiger partial charge in [0, 0.05) is 10.6 Å². The van der Waals surface area contributed by atoms with E-state index >= 15 is 0 Å². The predicted molar refractivity (Wildman–Crippen MR) is 146 cm³/mol. The van der Waals surface area contributed by atoms with Gasteiger partial charge in [0.2, 0.25) is 0 Å². The Balaban J connectivity index is 1.74. The number of amides is 1. The van der Waals surface area contributed by atoms with Crippen LogP contribution in [0, 0.1) is 13.8 Å². The standard InChI is InChI=1S/C29H25ClN2O3S/c1-15(2)18-7-9-19(10-8-18)25-24(26(33)21-13-16(3)5-6-17(21)4)27(34)28(35)32(25)29-31-22-12-11-20(30)14-23(22)36-29/h5-15,25,33H,1-4H3. The number of anilines is 1. The Bertz CT molecular complexity index is 1550. The number of nitrogens with zero attached hydrogens (tertiary/aromatic N) is 2. The van der Waals surface area contributed by atoms with Crippen molar-refractivity contribution in [3.05, 3.63) is 99.1 Å². The van der Waals surface area contributed by atoms with Gasteiger partial charge in [0.25, 0.3) is 5.78 Å². The molecule has 1 amide bonds. The molecule has 4 aromatic rings. The third-order valence-corrected chi connectivity index (χ3v) is 7.81. The Morgan fingerprint density at radius 1 is 1.03 bits per heavy atom. The zero-order chi connectivity index (χ0) is 25.7. The van der Waals surface area contributed by atoms with Gasteiger partial charge in [0.1, 0.15) is 5.76 Å². The van der Waals surface area contributed by atoms with Crippen molar-refractivity contribution in [2.45, 2.75) is 39.7 Å². The van der Waals surface area contributed by atoms with Crippen molar-refractivity contribution in [1.29, 1.82) is 0 Å². The Kier molecular flexibility index (Phi) is 6.18. The van der Waals surface area contributed by atoms with Gasteiger partial charge in [0.05, 0.1) is 21.8 Å². The molecule has 1 unspecified atom stereocenters. The predicted octanol–water partition coefficient (Wildman–Crippen LogP) is 7.32. The molecule has 0 spiro atoms. The normalized spacial score (nSPS) is 17.5. The molecule has 0 radical (unpaired) electrons. The minimum atomic E-state index is -0.817. The highest BCUT2D eigenvalue weighted by atomic mass is 35.5. The van der Waals surface area contributed by atoms with Gasteiger partial charge in [-0.15, -0.1) is 0 Å². The second kappa shape index (κ2) is 9.19. The summed E-state index contributed by atoms with van der Waals surface area (Å²) in [6.07, 6.45) is 0. The molecule has 1 N–H and O–H groups in total. The van der Waals surface area contributed by atoms with E-state index in [4.69, 9.17) is 11.6 Å². The number of Topliss-reactive ketones (excluding diaryl/α,β-unsaturated/α-hetero) is 1. The number of hydrogen-bond donors (Lipinski definition) is 1. The molecule has 1 aliphatic rings. The summed E-state index contributed by atoms with van der Waals surface area (Å²) >= 11 is 7.46. The molecule has 182 valence electrons. The molecule has 7 heteroatoms. The van der Waals surface area contributed by atoms with E-state index < -0.39 is 17.7 Å². The van der Waals surface area contributed by atoms with Crippen molar-refractivity contribution < 1.29 is 14.7 Å². The van der Waals surface area contributed by atoms with Crippen LogP contribution < -0.4 is 4.90 Å². The van der Waals surface area contributed by atoms with Gasteiger partial charge < -0.3 is 5.11 Å². The van der Waals surface area contributed by atoms with Crippen LogP contribution in [0.25, 0.3) is 16.0 Å². The van der Waals surface area contributed by atoms with Crippen LogP contribution in [0.1, 0.15) is 53.6 Å². The number of hydrogen-bond acceptors (Lipinski definition) is 5. The number of halogens is 1. The van der Waals surface area contributed by atoms with E-state index in [1.54, 1.807) is 18.2 Å². The van der Waals surface area contributed by atoms with Crippen molar-refractivity contribution in [1.82, 2.24) is 4.98 Å². The number of fused-ring (bicyclic) bond motifs is 1. The SMILES string of the molecule is Cc1ccc(C)c(C(O)=C2C(=O)C(=O)N(c3nc4ccc(Cl)cc4s3)C2c2ccc(C(C)C)cc2)c1. The maximum atomic E-state index is 13.5. The van der Waals surface area contributed by atoms with E-state index in [-0.39, 0.29) is 11.3 Å². The van der Waals surface area contributed by atoms with Crippen molar-refractivity contribution in [3.63, 3.8) is 0 Å². The van der Waals surface area contributed by atoms with Gasteiger partial charge in [-0.05, 0) is 60.7 Å². The quantitative estimate of drug-likeness (QED) is 0.175. The van der Waals surface area contributed by atoms with Crippen LogP contribution in [0.4, 0.5) is 5.13 Å². The number of rotatable bonds is 4. The van der Waals surface area contributed by atoms with Crippen LogP contribution in [0.3, 0.4) is 0 Å². The van der Waals surface area contributed by atoms with Crippen LogP contribution in [0.5, 0.6) is 0 Å². The number of carbonyl (C=O) groups excluding carboxylic acids is 2. The van der Waals surface area contributed by atoms with Crippen LogP contribution in [-0.4, -0.2) is 21.8 Å². The molecule has 1 fully saturated rings. The lowest BCUT2D eigenvalue weighted by atomic mass is 9.92. The lowest BCUT2D eigenvalue weighted by molar-refractivity contribution is -0.132. The fraction of sp³-hybridized carbons (Fsp3) is 0.207. The first-order valence-electron chi connectivity index (χ1n) is 11.7. The average Bonchev–Trinajstić information content (AvgIpc) is 3.38. The maximum Gasteiger partial charge on any atom is 0.301 e. The largest absolute Gasteiger partial charge is 0.507 e. The van der Waals surface area contributed by atoms with Crippen molar-refractivity contribution in [2.75, 3.05) is 4.90 Å². The summed E-state index contributed by atoms with van der Waals surface area (Å²) in [6.45, 7) is 8.00. The van der Waals surface area contributed by atoms with Gasteiger partial charge in [-0.25, -0.2) is 4.98 Å². The van der Waals surface area contributed by atoms with E-state index in [2.05, 4.69) is 18.8 Å². The number of aryl methyl sites for hydroxylation is 2. The molecule has 2 heterocycles. The summed E-state index contributed by atoms with van der Waals surface area (Å²) in [7, 11) is 0. The summed E-state index contributed by atoms with van der Waals surface area (Å²) in [5.74, 6) is -1.30. The van der Waals surface area contributed by atoms with Crippen molar-refractivity contribution in [3.8, 4) is 0 Å². The first-order valence-corrected chi connectivity index (χ1v) is 12.9. The maximum absolute atomic E-state index is 13.5. The second-order valence-electron chi connectivity index (χ2n) is 9.42. The molecule has 1 atom stereocenters. The first kappa shape index (κ1) is 24.2. The number of aliphatic hydroxyl groups excluding tert-OH is 1. The zero-order valence-corrected chi connectivity index (χ0v) is 21.9. The van der Waals surface area contributed by atoms with Gasteiger partial charge in [-0.2, -0.15) is 0 Å². The highest BCUT2D eigenvalue weighted by molar-refractivity contribution is 7.22. The molecule has 1 aliphatic heterocycles. The molecule has 0 aliphatic carbocycles. The van der Waals surface area contributed by atoms with Crippen LogP contribution in [0.2, 0.25) is 5.02 Å². The lowest BCUT2D eigenvalue weighted by Gasteiger charge is -2.23. The van der Waals surface area contributed by atoms with E-state index in [0.29, 0.717) is 27.2 Å². The molecule has 5 rings (SSSR count). The smallest absolute Gasteiger partial charge is 0.301 e. The Morgan fingerprint density at radius 2 is 1.75 bits per heavy atom. The molecular weight excluding hydrogens is 492 g/mol. The topological polar surface area (TPSA) is 70.5 Å². The summed E-state index contributed by atoms with van der Waals surface area (Å²) in [6, 6.07) is 18.0. The lowest BCUT2D eigenvalue weighted by Crippen LogP contribution is -2.29. The zero-order valence-electron chi connectivity index (χ0n) is 20.4. The molecule has 5 nitrogen and oxygen atoms in total. The summed E-state index contributed by atoms with van der Waals surface area (Å²) in [5, 5.41) is 12.4. The fourth-order valence-corrected chi connectivity index (χ4v) is 5.80. The van der Waals surface area contributed by atoms with Crippen molar-refractivity contribution >= 4 is 55.7 Å². The molecule has 1 aromatic heterocycles. The fourth-order valence-electron chi connectivity index (χ4n) is 4.53. The number of benzene rings is 3. The minimum Gasteiger partial charge on any atom is -0.507 e. The average molecular weight is 517 g/mol. The Hall–Kier alpha value is -3.48. The first-order chi connectivity index (χ1) is 17.2. The Morgan fingerprint density at radius 3 is 2.44 bits per heavy atom. The van der Waals surface area contributed by atoms with E-state index in [0.717, 1.165) is 27.0 Å². The number of aliphatic hydroxyl groups is 1. The molecular formula is C29H25ClN2O3S. The summed E-state index contributed by atoms with van der Waals surface area (Å²) in [4.78, 5) is 33.0. The number of ketones is 1. The van der Waals surface area contributed by atoms with Crippen LogP contribution in [-0.2, 0) is 9.59 Å². The molecule has 0 saturated carbocycles. The number of aromatic nitrogens is 1. The van der Waals surface area contributed by atoms with E-state index in [1.165, 1.54) is 16.2 Å². The van der Waals surface area contributed by atoms with Crippen LogP contribution in [0.15, 0.2) is 66.2 Å². The van der Waals surface area contributed by atoms with E-state index in [1.807, 2.05) is 56.3 Å². The highest BCUT2D eigenvalue weighted by Gasteiger charge is 2.48. The molecule has 36 heavy (non-hydrogen) atoms. The third-order valence-electron chi connectivity index (χ3n) is 6.56. The highest BCUT2D eigenvalue weighted by Crippen LogP contribution is 2.45. The number of thiazole rings is 1. The summed E-state index contributed by atoms with van der Waals surface area (Å²) < 4.78 is 0.808. The van der Waals surface area contributed by atoms with E-state index in [9.17, 15) is 14.7 Å². The van der Waals surface area contributed by atoms with Gasteiger partial charge in [-0.3, -0.25) is 14.5 Å². The second-order valence-corrected chi connectivity index (χ2v) is 10.9. The molecule has 0 bridgehead atoms. The Labute approximate surface area is 218 Å². The number of carbonyl (C=O) groups is 2. The monoisotopic (exact) mass is 516 g/mol. The van der Waals surface area contributed by atoms with Crippen molar-refractivity contribution in [2.24, 2.45) is 0 Å². The summed E-state index contributed by atoms with van der Waals surface area (Å²) in [5.41, 5.74) is 4.90. The third kappa shape index (κ3) is 4.10. The molecule has 1 saturated heterocycles.